The molecule has 0 atom stereocenters. The molecule has 0 fully saturated rings. The standard InChI is InChI=1S/C24H25BrN6/c1-15-9-20-19(7-8-27-24(20)26)16(2)21(15)13-29-23-10-22(30-14-31-23)28-12-18-5-3-17(11-25)4-6-18/h3-10,14H,11-13H2,1-2H3,(H2,26,27)(H2,28,29,30,31). The summed E-state index contributed by atoms with van der Waals surface area (Å²) in [6.07, 6.45) is 3.33. The number of hydrogen-bond donors (Lipinski definition) is 3. The molecule has 0 radical (unpaired) electrons. The van der Waals surface area contributed by atoms with Crippen LogP contribution in [0.5, 0.6) is 0 Å². The Morgan fingerprint density at radius 1 is 0.839 bits per heavy atom. The van der Waals surface area contributed by atoms with Gasteiger partial charge in [0.25, 0.3) is 0 Å². The molecule has 0 bridgehead atoms. The summed E-state index contributed by atoms with van der Waals surface area (Å²) < 4.78 is 0. The van der Waals surface area contributed by atoms with Gasteiger partial charge in [0.1, 0.15) is 23.8 Å². The van der Waals surface area contributed by atoms with E-state index in [9.17, 15) is 0 Å². The van der Waals surface area contributed by atoms with Crippen molar-refractivity contribution in [2.75, 3.05) is 16.4 Å². The molecule has 158 valence electrons. The van der Waals surface area contributed by atoms with E-state index in [1.54, 1.807) is 12.5 Å². The molecule has 0 unspecified atom stereocenters. The van der Waals surface area contributed by atoms with Gasteiger partial charge in [0.2, 0.25) is 0 Å². The molecule has 0 aliphatic rings. The van der Waals surface area contributed by atoms with Crippen LogP contribution in [0.3, 0.4) is 0 Å². The molecule has 0 saturated carbocycles. The van der Waals surface area contributed by atoms with Crippen molar-refractivity contribution in [2.45, 2.75) is 32.3 Å². The Balaban J connectivity index is 1.46. The smallest absolute Gasteiger partial charge is 0.131 e. The third-order valence-electron chi connectivity index (χ3n) is 5.48. The number of nitrogen functional groups attached to an aromatic ring is 1. The highest BCUT2D eigenvalue weighted by Gasteiger charge is 2.10. The van der Waals surface area contributed by atoms with Gasteiger partial charge in [0.15, 0.2) is 0 Å². The number of nitrogens with two attached hydrogens (primary N) is 1. The lowest BCUT2D eigenvalue weighted by molar-refractivity contribution is 1.04. The van der Waals surface area contributed by atoms with Gasteiger partial charge in [-0.25, -0.2) is 15.0 Å². The average Bonchev–Trinajstić information content (AvgIpc) is 2.79. The van der Waals surface area contributed by atoms with Crippen LogP contribution >= 0.6 is 15.9 Å². The first-order chi connectivity index (χ1) is 15.0. The largest absolute Gasteiger partial charge is 0.383 e. The monoisotopic (exact) mass is 476 g/mol. The molecule has 2 heterocycles. The van der Waals surface area contributed by atoms with Crippen LogP contribution in [0.4, 0.5) is 17.5 Å². The van der Waals surface area contributed by atoms with E-state index in [1.165, 1.54) is 27.8 Å². The molecule has 0 saturated heterocycles. The number of fused-ring (bicyclic) bond motifs is 1. The molecule has 0 aliphatic carbocycles. The van der Waals surface area contributed by atoms with E-state index in [-0.39, 0.29) is 0 Å². The number of pyridine rings is 1. The number of anilines is 3. The van der Waals surface area contributed by atoms with Gasteiger partial charge in [-0.15, -0.1) is 0 Å². The maximum Gasteiger partial charge on any atom is 0.131 e. The fourth-order valence-electron chi connectivity index (χ4n) is 3.67. The summed E-state index contributed by atoms with van der Waals surface area (Å²) in [6.45, 7) is 5.60. The Morgan fingerprint density at radius 2 is 1.52 bits per heavy atom. The molecule has 31 heavy (non-hydrogen) atoms. The summed E-state index contributed by atoms with van der Waals surface area (Å²) in [6, 6.07) is 14.5. The number of halogens is 1. The maximum absolute atomic E-state index is 6.06. The lowest BCUT2D eigenvalue weighted by Crippen LogP contribution is -2.07. The van der Waals surface area contributed by atoms with Gasteiger partial charge in [-0.2, -0.15) is 0 Å². The molecular weight excluding hydrogens is 452 g/mol. The van der Waals surface area contributed by atoms with Gasteiger partial charge in [-0.05, 0) is 59.2 Å². The lowest BCUT2D eigenvalue weighted by atomic mass is 9.96. The Labute approximate surface area is 190 Å². The molecule has 4 rings (SSSR count). The highest BCUT2D eigenvalue weighted by Crippen LogP contribution is 2.28. The van der Waals surface area contributed by atoms with Crippen molar-refractivity contribution < 1.29 is 0 Å². The Bertz CT molecular complexity index is 1210. The zero-order chi connectivity index (χ0) is 21.8. The van der Waals surface area contributed by atoms with E-state index in [0.29, 0.717) is 18.9 Å². The predicted octanol–water partition coefficient (Wildman–Crippen LogP) is 5.34. The third kappa shape index (κ3) is 4.77. The van der Waals surface area contributed by atoms with E-state index in [1.807, 2.05) is 12.1 Å². The van der Waals surface area contributed by atoms with Gasteiger partial charge >= 0.3 is 0 Å². The summed E-state index contributed by atoms with van der Waals surface area (Å²) in [5, 5.41) is 9.79. The number of hydrogen-bond acceptors (Lipinski definition) is 6. The van der Waals surface area contributed by atoms with Crippen LogP contribution in [-0.2, 0) is 18.4 Å². The molecule has 4 aromatic rings. The van der Waals surface area contributed by atoms with E-state index < -0.39 is 0 Å². The van der Waals surface area contributed by atoms with Crippen molar-refractivity contribution in [1.29, 1.82) is 0 Å². The van der Waals surface area contributed by atoms with Gasteiger partial charge in [-0.1, -0.05) is 40.2 Å². The number of benzene rings is 2. The first-order valence-corrected chi connectivity index (χ1v) is 11.2. The normalized spacial score (nSPS) is 10.9. The highest BCUT2D eigenvalue weighted by atomic mass is 79.9. The van der Waals surface area contributed by atoms with Crippen LogP contribution in [0.25, 0.3) is 10.8 Å². The summed E-state index contributed by atoms with van der Waals surface area (Å²) in [4.78, 5) is 12.9. The van der Waals surface area contributed by atoms with Crippen molar-refractivity contribution in [3.63, 3.8) is 0 Å². The molecular formula is C24H25BrN6. The first-order valence-electron chi connectivity index (χ1n) is 10.1. The topological polar surface area (TPSA) is 88.8 Å². The number of rotatable bonds is 7. The van der Waals surface area contributed by atoms with Crippen molar-refractivity contribution in [2.24, 2.45) is 0 Å². The van der Waals surface area contributed by atoms with Crippen LogP contribution in [0, 0.1) is 13.8 Å². The summed E-state index contributed by atoms with van der Waals surface area (Å²) in [7, 11) is 0. The molecule has 6 nitrogen and oxygen atoms in total. The van der Waals surface area contributed by atoms with E-state index >= 15 is 0 Å². The fourth-order valence-corrected chi connectivity index (χ4v) is 4.04. The molecule has 4 N–H and O–H groups in total. The van der Waals surface area contributed by atoms with Gasteiger partial charge in [-0.3, -0.25) is 0 Å². The minimum atomic E-state index is 0.566. The van der Waals surface area contributed by atoms with E-state index in [4.69, 9.17) is 5.73 Å². The van der Waals surface area contributed by atoms with E-state index in [2.05, 4.69) is 85.7 Å². The molecule has 7 heteroatoms. The second kappa shape index (κ2) is 9.31. The first kappa shape index (κ1) is 21.1. The van der Waals surface area contributed by atoms with Gasteiger partial charge < -0.3 is 16.4 Å². The van der Waals surface area contributed by atoms with Crippen molar-refractivity contribution in [3.05, 3.63) is 82.8 Å². The van der Waals surface area contributed by atoms with Crippen LogP contribution in [0.15, 0.2) is 55.0 Å². The van der Waals surface area contributed by atoms with Crippen LogP contribution in [0.1, 0.15) is 27.8 Å². The molecule has 0 amide bonds. The average molecular weight is 477 g/mol. The quantitative estimate of drug-likeness (QED) is 0.311. The summed E-state index contributed by atoms with van der Waals surface area (Å²) >= 11 is 3.47. The number of nitrogens with zero attached hydrogens (tertiary/aromatic N) is 3. The summed E-state index contributed by atoms with van der Waals surface area (Å²) in [5.74, 6) is 2.13. The Morgan fingerprint density at radius 3 is 2.23 bits per heavy atom. The zero-order valence-electron chi connectivity index (χ0n) is 17.6. The van der Waals surface area contributed by atoms with Crippen molar-refractivity contribution in [3.8, 4) is 0 Å². The third-order valence-corrected chi connectivity index (χ3v) is 6.13. The Kier molecular flexibility index (Phi) is 6.32. The van der Waals surface area contributed by atoms with Gasteiger partial charge in [0.05, 0.1) is 0 Å². The number of aromatic nitrogens is 3. The van der Waals surface area contributed by atoms with Gasteiger partial charge in [0, 0.05) is 36.1 Å². The molecule has 0 aliphatic heterocycles. The molecule has 0 spiro atoms. The minimum Gasteiger partial charge on any atom is -0.383 e. The number of nitrogens with one attached hydrogen (secondary N) is 2. The summed E-state index contributed by atoms with van der Waals surface area (Å²) in [5.41, 5.74) is 12.1. The maximum atomic E-state index is 6.06. The van der Waals surface area contributed by atoms with E-state index in [0.717, 1.165) is 27.7 Å². The van der Waals surface area contributed by atoms with Crippen LogP contribution in [-0.4, -0.2) is 15.0 Å². The zero-order valence-corrected chi connectivity index (χ0v) is 19.2. The highest BCUT2D eigenvalue weighted by molar-refractivity contribution is 9.08. The second-order valence-corrected chi connectivity index (χ2v) is 8.09. The number of alkyl halides is 1. The SMILES string of the molecule is Cc1cc2c(N)nccc2c(C)c1CNc1cc(NCc2ccc(CBr)cc2)ncn1. The lowest BCUT2D eigenvalue weighted by Gasteiger charge is -2.15. The second-order valence-electron chi connectivity index (χ2n) is 7.53. The Hall–Kier alpha value is -3.19. The van der Waals surface area contributed by atoms with Crippen molar-refractivity contribution >= 4 is 44.2 Å². The van der Waals surface area contributed by atoms with Crippen LogP contribution in [0.2, 0.25) is 0 Å². The van der Waals surface area contributed by atoms with Crippen molar-refractivity contribution in [1.82, 2.24) is 15.0 Å². The minimum absolute atomic E-state index is 0.566. The fraction of sp³-hybridized carbons (Fsp3) is 0.208. The molecule has 2 aromatic carbocycles. The van der Waals surface area contributed by atoms with Crippen LogP contribution < -0.4 is 16.4 Å². The number of aryl methyl sites for hydroxylation is 2. The molecule has 2 aromatic heterocycles. The predicted molar refractivity (Wildman–Crippen MR) is 131 cm³/mol.